The Kier molecular flexibility index (Phi) is 70.6. The maximum atomic E-state index is 8.54. The van der Waals surface area contributed by atoms with Gasteiger partial charge >= 0.3 is 28.9 Å². The number of hydrogen-bond acceptors (Lipinski definition) is 2. The molecule has 0 bridgehead atoms. The Morgan fingerprint density at radius 1 is 1.11 bits per heavy atom. The Bertz CT molecular complexity index is 47.0. The van der Waals surface area contributed by atoms with E-state index in [4.69, 9.17) is 5.63 Å². The van der Waals surface area contributed by atoms with Crippen molar-refractivity contribution in [1.82, 2.24) is 0 Å². The van der Waals surface area contributed by atoms with Crippen LogP contribution in [0.25, 0.3) is 0 Å². The average molecular weight is 209 g/mol. The van der Waals surface area contributed by atoms with Gasteiger partial charge in [-0.3, -0.25) is 0 Å². The van der Waals surface area contributed by atoms with Gasteiger partial charge in [0.05, 0.1) is 0 Å². The van der Waals surface area contributed by atoms with Crippen molar-refractivity contribution in [3.8, 4) is 0 Å². The zero-order valence-corrected chi connectivity index (χ0v) is 8.60. The van der Waals surface area contributed by atoms with E-state index >= 15 is 0 Å². The van der Waals surface area contributed by atoms with Gasteiger partial charge < -0.3 is 13.8 Å². The Hall–Kier alpha value is 0.483. The monoisotopic (exact) mass is 208 g/mol. The molecule has 56 valence electrons. The first-order valence-corrected chi connectivity index (χ1v) is 4.83. The first-order valence-electron chi connectivity index (χ1n) is 2.82. The summed E-state index contributed by atoms with van der Waals surface area (Å²) in [5.74, 6) is 0. The molecule has 0 rings (SSSR count). The molecule has 0 aromatic rings. The van der Waals surface area contributed by atoms with E-state index in [0.29, 0.717) is 0 Å². The third-order valence-corrected chi connectivity index (χ3v) is 0. The summed E-state index contributed by atoms with van der Waals surface area (Å²) in [6.07, 6.45) is 2.00. The van der Waals surface area contributed by atoms with Crippen LogP contribution in [0.3, 0.4) is 0 Å². The van der Waals surface area contributed by atoms with Gasteiger partial charge in [0.1, 0.15) is 0 Å². The number of hydrogen-bond donors (Lipinski definition) is 0. The minimum absolute atomic E-state index is 1.00. The van der Waals surface area contributed by atoms with Crippen LogP contribution in [0.15, 0.2) is 0 Å². The summed E-state index contributed by atoms with van der Waals surface area (Å²) in [5, 5.41) is 0. The summed E-state index contributed by atoms with van der Waals surface area (Å²) in [6.45, 7) is 11.0. The van der Waals surface area contributed by atoms with Crippen LogP contribution < -0.4 is 0 Å². The van der Waals surface area contributed by atoms with Gasteiger partial charge in [0, 0.05) is 0 Å². The average Bonchev–Trinajstić information content (AvgIpc) is 1.70. The fourth-order valence-corrected chi connectivity index (χ4v) is 0. The van der Waals surface area contributed by atoms with Crippen molar-refractivity contribution in [2.24, 2.45) is 0 Å². The molecule has 2 nitrogen and oxygen atoms in total. The third-order valence-electron chi connectivity index (χ3n) is 0. The van der Waals surface area contributed by atoms with E-state index in [9.17, 15) is 0 Å². The summed E-state index contributed by atoms with van der Waals surface area (Å²) in [7, 11) is 0. The second-order valence-electron chi connectivity index (χ2n) is 1.08. The van der Waals surface area contributed by atoms with Crippen molar-refractivity contribution >= 4 is 0 Å². The van der Waals surface area contributed by atoms with Crippen LogP contribution in [-0.4, -0.2) is 0 Å². The van der Waals surface area contributed by atoms with Gasteiger partial charge in [0.2, 0.25) is 0 Å². The minimum atomic E-state index is -2.27. The summed E-state index contributed by atoms with van der Waals surface area (Å²) in [4.78, 5) is 0. The molecule has 0 aliphatic rings. The molecule has 0 fully saturated rings. The van der Waals surface area contributed by atoms with Gasteiger partial charge in [-0.15, -0.1) is 0 Å². The van der Waals surface area contributed by atoms with Crippen molar-refractivity contribution in [2.75, 3.05) is 0 Å². The van der Waals surface area contributed by atoms with Crippen LogP contribution in [0, 0.1) is 13.8 Å². The van der Waals surface area contributed by atoms with Gasteiger partial charge in [0.25, 0.3) is 0 Å². The summed E-state index contributed by atoms with van der Waals surface area (Å²) in [6, 6.07) is 0. The molecule has 0 amide bonds. The first-order chi connectivity index (χ1) is 4.24. The maximum absolute atomic E-state index is 8.54. The van der Waals surface area contributed by atoms with E-state index in [2.05, 4.69) is 13.8 Å². The van der Waals surface area contributed by atoms with E-state index in [1.165, 1.54) is 0 Å². The molecular formula is C6H14O2Zr-2. The van der Waals surface area contributed by atoms with Crippen LogP contribution in [0.1, 0.15) is 26.7 Å². The second kappa shape index (κ2) is 39.2. The fraction of sp³-hybridized carbons (Fsp3) is 0.667. The Morgan fingerprint density at radius 3 is 1.11 bits per heavy atom. The standard InChI is InChI=1S/2C3H7.2O.Zr/c2*1-3-2;;;/h2*1,3H2,2H3;;;/q2*-1;;;. The molecule has 0 aliphatic carbocycles. The fourth-order valence-electron chi connectivity index (χ4n) is 0. The van der Waals surface area contributed by atoms with E-state index in [0.717, 1.165) is 12.8 Å². The van der Waals surface area contributed by atoms with Crippen LogP contribution in [0.2, 0.25) is 0 Å². The SMILES string of the molecule is [CH2-]CC.[CH2-]CC.[O]=[Zr]=[O]. The van der Waals surface area contributed by atoms with E-state index < -0.39 is 23.2 Å². The van der Waals surface area contributed by atoms with Crippen molar-refractivity contribution < 1.29 is 28.9 Å². The molecule has 0 aliphatic heterocycles. The molecule has 9 heavy (non-hydrogen) atoms. The van der Waals surface area contributed by atoms with Gasteiger partial charge in [-0.25, -0.2) is 0 Å². The zero-order chi connectivity index (χ0) is 8.12. The first kappa shape index (κ1) is 16.2. The normalized spacial score (nSPS) is 4.89. The Labute approximate surface area is 69.5 Å². The molecule has 0 unspecified atom stereocenters. The topological polar surface area (TPSA) is 34.1 Å². The molecule has 0 N–H and O–H groups in total. The molecule has 3 heteroatoms. The predicted molar refractivity (Wildman–Crippen MR) is 32.7 cm³/mol. The van der Waals surface area contributed by atoms with Crippen molar-refractivity contribution in [3.05, 3.63) is 13.8 Å². The molecule has 0 aromatic carbocycles. The summed E-state index contributed by atoms with van der Waals surface area (Å²) >= 11 is -2.27. The third kappa shape index (κ3) is 1530. The molecule has 0 aromatic heterocycles. The molecule has 0 saturated heterocycles. The predicted octanol–water partition coefficient (Wildman–Crippen LogP) is 2.22. The molecule has 0 atom stereocenters. The van der Waals surface area contributed by atoms with Gasteiger partial charge in [0.15, 0.2) is 0 Å². The Morgan fingerprint density at radius 2 is 1.11 bits per heavy atom. The second-order valence-corrected chi connectivity index (χ2v) is 1.49. The van der Waals surface area contributed by atoms with Gasteiger partial charge in [-0.2, -0.15) is 12.8 Å². The molecular weight excluding hydrogens is 195 g/mol. The van der Waals surface area contributed by atoms with Crippen molar-refractivity contribution in [3.63, 3.8) is 0 Å². The molecule has 0 saturated carbocycles. The molecule has 0 spiro atoms. The van der Waals surface area contributed by atoms with Gasteiger partial charge in [-0.1, -0.05) is 13.8 Å². The van der Waals surface area contributed by atoms with Crippen molar-refractivity contribution in [1.29, 1.82) is 0 Å². The van der Waals surface area contributed by atoms with Crippen LogP contribution >= 0.6 is 0 Å². The zero-order valence-electron chi connectivity index (χ0n) is 6.14. The summed E-state index contributed by atoms with van der Waals surface area (Å²) in [5.41, 5.74) is 0. The Balaban J connectivity index is -0.0000000600. The summed E-state index contributed by atoms with van der Waals surface area (Å²) < 4.78 is 17.1. The van der Waals surface area contributed by atoms with Crippen LogP contribution in [0.4, 0.5) is 0 Å². The quantitative estimate of drug-likeness (QED) is 0.573. The van der Waals surface area contributed by atoms with E-state index in [1.54, 1.807) is 0 Å². The van der Waals surface area contributed by atoms with Crippen LogP contribution in [0.5, 0.6) is 0 Å². The van der Waals surface area contributed by atoms with Gasteiger partial charge in [-0.05, 0) is 0 Å². The molecule has 0 radical (unpaired) electrons. The van der Waals surface area contributed by atoms with Crippen LogP contribution in [-0.2, 0) is 28.9 Å². The van der Waals surface area contributed by atoms with E-state index in [1.807, 2.05) is 13.8 Å². The number of rotatable bonds is 0. The van der Waals surface area contributed by atoms with Crippen molar-refractivity contribution in [2.45, 2.75) is 26.7 Å². The molecule has 0 heterocycles. The van der Waals surface area contributed by atoms with E-state index in [-0.39, 0.29) is 0 Å².